The highest BCUT2D eigenvalue weighted by molar-refractivity contribution is 6.39. The number of hydrogen-bond acceptors (Lipinski definition) is 0. The summed E-state index contributed by atoms with van der Waals surface area (Å²) < 4.78 is 2.11. The average Bonchev–Trinajstić information content (AvgIpc) is 3.31. The van der Waals surface area contributed by atoms with Gasteiger partial charge >= 0.3 is 0 Å². The van der Waals surface area contributed by atoms with E-state index in [1.165, 1.54) is 0 Å². The molecule has 7 rings (SSSR count). The quantitative estimate of drug-likeness (QED) is 0.164. The first-order valence-electron chi connectivity index (χ1n) is 11.1. The van der Waals surface area contributed by atoms with Gasteiger partial charge in [0, 0.05) is 27.9 Å². The summed E-state index contributed by atoms with van der Waals surface area (Å²) in [5.41, 5.74) is 2.40. The molecule has 0 unspecified atom stereocenters. The summed E-state index contributed by atoms with van der Waals surface area (Å²) in [6.07, 6.45) is 2.08. The lowest BCUT2D eigenvalue weighted by atomic mass is 9.90. The van der Waals surface area contributed by atoms with Crippen LogP contribution in [0.1, 0.15) is 0 Å². The van der Waals surface area contributed by atoms with Gasteiger partial charge in [-0.2, -0.15) is 0 Å². The van der Waals surface area contributed by atoms with Crippen LogP contribution in [-0.4, -0.2) is 4.40 Å². The third kappa shape index (κ3) is 2.32. The van der Waals surface area contributed by atoms with Crippen molar-refractivity contribution in [2.24, 2.45) is 0 Å². The summed E-state index contributed by atoms with van der Waals surface area (Å²) >= 11 is 0. The van der Waals surface area contributed by atoms with E-state index in [1.807, 2.05) is 30.3 Å². The van der Waals surface area contributed by atoms with Gasteiger partial charge in [-0.1, -0.05) is 72.8 Å². The highest BCUT2D eigenvalue weighted by Crippen LogP contribution is 2.51. The van der Waals surface area contributed by atoms with Gasteiger partial charge in [0.1, 0.15) is 0 Å². The second-order valence-corrected chi connectivity index (χ2v) is 8.60. The molecular formula is C31H14N4. The Morgan fingerprint density at radius 1 is 0.543 bits per heavy atom. The molecule has 0 fully saturated rings. The molecule has 4 nitrogen and oxygen atoms in total. The molecule has 0 atom stereocenters. The van der Waals surface area contributed by atoms with Gasteiger partial charge < -0.3 is 4.40 Å². The molecule has 35 heavy (non-hydrogen) atoms. The maximum absolute atomic E-state index is 8.07. The van der Waals surface area contributed by atoms with Crippen LogP contribution in [0.4, 0.5) is 17.1 Å². The number of benzene rings is 5. The highest BCUT2D eigenvalue weighted by atomic mass is 14.9. The maximum Gasteiger partial charge on any atom is 0.201 e. The molecule has 7 aromatic rings. The van der Waals surface area contributed by atoms with E-state index in [2.05, 4.69) is 67.6 Å². The summed E-state index contributed by atoms with van der Waals surface area (Å²) in [6.45, 7) is 23.6. The van der Waals surface area contributed by atoms with E-state index < -0.39 is 0 Å². The third-order valence-corrected chi connectivity index (χ3v) is 6.98. The SMILES string of the molecule is [C-]#[N+]c1cc2c(c([N+]#[C-])c1[N+]#[C-])c1c3ccccc3c3ccccc3c1c1c3ccccc3cn21. The van der Waals surface area contributed by atoms with Gasteiger partial charge in [-0.05, 0) is 38.4 Å². The first-order valence-corrected chi connectivity index (χ1v) is 11.1. The van der Waals surface area contributed by atoms with Crippen LogP contribution in [0.3, 0.4) is 0 Å². The first-order chi connectivity index (χ1) is 17.3. The van der Waals surface area contributed by atoms with Crippen LogP contribution in [0, 0.1) is 19.7 Å². The second-order valence-electron chi connectivity index (χ2n) is 8.60. The molecule has 4 heteroatoms. The molecule has 0 amide bonds. The standard InChI is InChI=1S/C31H14N4/c1-32-24-16-25-28(30(34-3)29(24)33-2)26-22-14-8-6-12-20(22)21-13-7-9-15-23(21)27(26)31-19-11-5-4-10-18(19)17-35(25)31/h4-17H. The molecule has 158 valence electrons. The Labute approximate surface area is 200 Å². The normalized spacial score (nSPS) is 11.3. The predicted molar refractivity (Wildman–Crippen MR) is 144 cm³/mol. The molecule has 0 aliphatic carbocycles. The van der Waals surface area contributed by atoms with Crippen molar-refractivity contribution in [3.8, 4) is 0 Å². The summed E-state index contributed by atoms with van der Waals surface area (Å²) in [7, 11) is 0. The molecule has 0 N–H and O–H groups in total. The number of fused-ring (bicyclic) bond motifs is 13. The molecular weight excluding hydrogens is 428 g/mol. The lowest BCUT2D eigenvalue weighted by molar-refractivity contribution is 1.30. The van der Waals surface area contributed by atoms with Crippen LogP contribution >= 0.6 is 0 Å². The predicted octanol–water partition coefficient (Wildman–Crippen LogP) is 9.36. The van der Waals surface area contributed by atoms with Crippen LogP contribution in [0.25, 0.3) is 74.0 Å². The van der Waals surface area contributed by atoms with Crippen molar-refractivity contribution in [1.82, 2.24) is 4.40 Å². The van der Waals surface area contributed by atoms with Gasteiger partial charge in [0.15, 0.2) is 11.4 Å². The van der Waals surface area contributed by atoms with E-state index in [4.69, 9.17) is 19.7 Å². The van der Waals surface area contributed by atoms with Crippen LogP contribution in [-0.2, 0) is 0 Å². The van der Waals surface area contributed by atoms with Gasteiger partial charge in [-0.25, -0.2) is 0 Å². The summed E-state index contributed by atoms with van der Waals surface area (Å²) in [6, 6.07) is 26.7. The molecule has 5 aromatic carbocycles. The fourth-order valence-corrected chi connectivity index (χ4v) is 5.62. The van der Waals surface area contributed by atoms with Crippen LogP contribution in [0.2, 0.25) is 0 Å². The fourth-order valence-electron chi connectivity index (χ4n) is 5.62. The Morgan fingerprint density at radius 2 is 1.11 bits per heavy atom. The van der Waals surface area contributed by atoms with E-state index >= 15 is 0 Å². The van der Waals surface area contributed by atoms with Crippen LogP contribution < -0.4 is 0 Å². The fraction of sp³-hybridized carbons (Fsp3) is 0. The van der Waals surface area contributed by atoms with Crippen molar-refractivity contribution >= 4 is 76.6 Å². The van der Waals surface area contributed by atoms with Crippen LogP contribution in [0.5, 0.6) is 0 Å². The van der Waals surface area contributed by atoms with E-state index in [9.17, 15) is 0 Å². The smallest absolute Gasteiger partial charge is 0.201 e. The zero-order valence-electron chi connectivity index (χ0n) is 18.4. The average molecular weight is 442 g/mol. The van der Waals surface area contributed by atoms with E-state index in [1.54, 1.807) is 6.07 Å². The summed E-state index contributed by atoms with van der Waals surface area (Å²) in [4.78, 5) is 11.1. The largest absolute Gasteiger partial charge is 0.317 e. The van der Waals surface area contributed by atoms with E-state index in [0.29, 0.717) is 0 Å². The lowest BCUT2D eigenvalue weighted by Gasteiger charge is -2.18. The minimum absolute atomic E-state index is 0.122. The molecule has 0 radical (unpaired) electrons. The highest BCUT2D eigenvalue weighted by Gasteiger charge is 2.23. The molecule has 0 saturated heterocycles. The monoisotopic (exact) mass is 442 g/mol. The Hall–Kier alpha value is -5.37. The molecule has 2 aromatic heterocycles. The van der Waals surface area contributed by atoms with Crippen molar-refractivity contribution in [1.29, 1.82) is 0 Å². The molecule has 0 aliphatic heterocycles. The number of hydrogen-bond donors (Lipinski definition) is 0. The molecule has 2 heterocycles. The molecule has 0 bridgehead atoms. The minimum Gasteiger partial charge on any atom is -0.317 e. The van der Waals surface area contributed by atoms with Crippen molar-refractivity contribution in [3.05, 3.63) is 119 Å². The van der Waals surface area contributed by atoms with Crippen molar-refractivity contribution in [3.63, 3.8) is 0 Å². The number of aromatic nitrogens is 1. The van der Waals surface area contributed by atoms with Gasteiger partial charge in [0.05, 0.1) is 25.2 Å². The lowest BCUT2D eigenvalue weighted by Crippen LogP contribution is -1.93. The summed E-state index contributed by atoms with van der Waals surface area (Å²) in [5.74, 6) is 0. The van der Waals surface area contributed by atoms with E-state index in [0.717, 1.165) is 59.5 Å². The Balaban J connectivity index is 2.01. The molecule has 0 saturated carbocycles. The number of nitrogens with zero attached hydrogens (tertiary/aromatic N) is 4. The Kier molecular flexibility index (Phi) is 3.73. The van der Waals surface area contributed by atoms with Gasteiger partial charge in [0.25, 0.3) is 0 Å². The number of pyridine rings is 1. The van der Waals surface area contributed by atoms with Crippen LogP contribution in [0.15, 0.2) is 85.1 Å². The van der Waals surface area contributed by atoms with Gasteiger partial charge in [-0.3, -0.25) is 14.5 Å². The zero-order valence-corrected chi connectivity index (χ0v) is 18.4. The molecule has 0 spiro atoms. The molecule has 0 aliphatic rings. The topological polar surface area (TPSA) is 17.5 Å². The van der Waals surface area contributed by atoms with Crippen molar-refractivity contribution in [2.45, 2.75) is 0 Å². The van der Waals surface area contributed by atoms with Gasteiger partial charge in [-0.15, -0.1) is 0 Å². The third-order valence-electron chi connectivity index (χ3n) is 6.98. The number of rotatable bonds is 0. The Bertz CT molecular complexity index is 2200. The second kappa shape index (κ2) is 6.82. The van der Waals surface area contributed by atoms with Crippen molar-refractivity contribution < 1.29 is 0 Å². The van der Waals surface area contributed by atoms with Gasteiger partial charge in [0.2, 0.25) is 5.69 Å². The summed E-state index contributed by atoms with van der Waals surface area (Å²) in [5, 5.41) is 9.33. The Morgan fingerprint density at radius 3 is 1.74 bits per heavy atom. The zero-order chi connectivity index (χ0) is 23.7. The van der Waals surface area contributed by atoms with Crippen molar-refractivity contribution in [2.75, 3.05) is 0 Å². The minimum atomic E-state index is 0.122. The maximum atomic E-state index is 8.07. The van der Waals surface area contributed by atoms with E-state index in [-0.39, 0.29) is 17.1 Å². The first kappa shape index (κ1) is 19.1.